The minimum Gasteiger partial charge on any atom is -0.390 e. The van der Waals surface area contributed by atoms with Gasteiger partial charge >= 0.3 is 0 Å². The zero-order chi connectivity index (χ0) is 25.3. The normalized spacial score (nSPS) is 50.5. The van der Waals surface area contributed by atoms with Gasteiger partial charge in [0.25, 0.3) is 0 Å². The van der Waals surface area contributed by atoms with Gasteiger partial charge in [0.15, 0.2) is 0 Å². The van der Waals surface area contributed by atoms with Crippen LogP contribution in [0.1, 0.15) is 113 Å². The van der Waals surface area contributed by atoms with E-state index in [-0.39, 0.29) is 22.9 Å². The second-order valence-electron chi connectivity index (χ2n) is 14.5. The molecule has 4 heteroatoms. The molecule has 3 aliphatic carbocycles. The zero-order valence-corrected chi connectivity index (χ0v) is 23.2. The second-order valence-corrected chi connectivity index (χ2v) is 14.5. The lowest BCUT2D eigenvalue weighted by Gasteiger charge is -2.54. The summed E-state index contributed by atoms with van der Waals surface area (Å²) in [4.78, 5) is 0. The van der Waals surface area contributed by atoms with Crippen molar-refractivity contribution >= 4 is 0 Å². The number of aliphatic hydroxyl groups is 3. The van der Waals surface area contributed by atoms with E-state index in [0.29, 0.717) is 17.8 Å². The fourth-order valence-electron chi connectivity index (χ4n) is 9.08. The number of hydrogen-bond acceptors (Lipinski definition) is 4. The van der Waals surface area contributed by atoms with Gasteiger partial charge in [-0.2, -0.15) is 0 Å². The Hall–Kier alpha value is -0.420. The predicted molar refractivity (Wildman–Crippen MR) is 137 cm³/mol. The van der Waals surface area contributed by atoms with Crippen molar-refractivity contribution in [2.45, 2.75) is 142 Å². The van der Waals surface area contributed by atoms with Gasteiger partial charge in [-0.05, 0) is 127 Å². The predicted octanol–water partition coefficient (Wildman–Crippen LogP) is 6.02. The Morgan fingerprint density at radius 1 is 0.853 bits per heavy atom. The maximum atomic E-state index is 11.7. The molecule has 0 aromatic heterocycles. The van der Waals surface area contributed by atoms with Crippen molar-refractivity contribution in [3.05, 3.63) is 11.6 Å². The summed E-state index contributed by atoms with van der Waals surface area (Å²) in [6.07, 6.45) is 10.2. The molecule has 4 nitrogen and oxygen atoms in total. The first-order valence-electron chi connectivity index (χ1n) is 14.0. The lowest BCUT2D eigenvalue weighted by atomic mass is 9.55. The highest BCUT2D eigenvalue weighted by molar-refractivity contribution is 5.17. The molecule has 196 valence electrons. The molecule has 9 atom stereocenters. The largest absolute Gasteiger partial charge is 0.390 e. The molecule has 3 fully saturated rings. The highest BCUT2D eigenvalue weighted by atomic mass is 16.5. The lowest BCUT2D eigenvalue weighted by molar-refractivity contribution is -0.206. The van der Waals surface area contributed by atoms with Gasteiger partial charge in [0.05, 0.1) is 29.0 Å². The van der Waals surface area contributed by atoms with Crippen molar-refractivity contribution < 1.29 is 20.1 Å². The molecule has 1 heterocycles. The molecule has 0 aromatic carbocycles. The Morgan fingerprint density at radius 3 is 2.18 bits per heavy atom. The molecule has 2 saturated carbocycles. The molecule has 34 heavy (non-hydrogen) atoms. The molecule has 0 spiro atoms. The third-order valence-electron chi connectivity index (χ3n) is 11.5. The van der Waals surface area contributed by atoms with E-state index < -0.39 is 22.9 Å². The molecule has 1 saturated heterocycles. The van der Waals surface area contributed by atoms with Crippen LogP contribution in [0.15, 0.2) is 11.6 Å². The maximum Gasteiger partial charge on any atom is 0.0888 e. The Balaban J connectivity index is 1.59. The molecule has 4 aliphatic rings. The molecular weight excluding hydrogens is 424 g/mol. The number of aliphatic hydroxyl groups excluding tert-OH is 1. The second kappa shape index (κ2) is 8.57. The summed E-state index contributed by atoms with van der Waals surface area (Å²) in [6, 6.07) is 0. The number of hydrogen-bond donors (Lipinski definition) is 3. The summed E-state index contributed by atoms with van der Waals surface area (Å²) in [6.45, 7) is 17.6. The van der Waals surface area contributed by atoms with Crippen LogP contribution in [0.4, 0.5) is 0 Å². The van der Waals surface area contributed by atoms with Crippen molar-refractivity contribution in [2.24, 2.45) is 34.5 Å². The third-order valence-corrected chi connectivity index (χ3v) is 11.5. The van der Waals surface area contributed by atoms with Crippen LogP contribution in [-0.2, 0) is 4.74 Å². The average molecular weight is 477 g/mol. The summed E-state index contributed by atoms with van der Waals surface area (Å²) in [5.41, 5.74) is -0.412. The topological polar surface area (TPSA) is 69.9 Å². The molecule has 3 N–H and O–H groups in total. The first-order valence-corrected chi connectivity index (χ1v) is 14.0. The smallest absolute Gasteiger partial charge is 0.0888 e. The minimum absolute atomic E-state index is 0.0676. The van der Waals surface area contributed by atoms with Gasteiger partial charge in [0, 0.05) is 0 Å². The summed E-state index contributed by atoms with van der Waals surface area (Å²) < 4.78 is 6.59. The Labute approximate surface area is 208 Å². The van der Waals surface area contributed by atoms with Crippen LogP contribution < -0.4 is 0 Å². The fraction of sp³-hybridized carbons (Fsp3) is 0.933. The summed E-state index contributed by atoms with van der Waals surface area (Å²) in [7, 11) is 0. The third kappa shape index (κ3) is 4.33. The van der Waals surface area contributed by atoms with E-state index in [1.807, 2.05) is 27.7 Å². The van der Waals surface area contributed by atoms with Crippen LogP contribution in [0.2, 0.25) is 0 Å². The van der Waals surface area contributed by atoms with E-state index in [2.05, 4.69) is 33.8 Å². The van der Waals surface area contributed by atoms with E-state index in [0.717, 1.165) is 57.8 Å². The summed E-state index contributed by atoms with van der Waals surface area (Å²) in [5, 5.41) is 33.5. The monoisotopic (exact) mass is 476 g/mol. The van der Waals surface area contributed by atoms with Crippen molar-refractivity contribution in [3.8, 4) is 0 Å². The molecule has 0 radical (unpaired) electrons. The molecule has 0 bridgehead atoms. The van der Waals surface area contributed by atoms with Crippen LogP contribution in [0.25, 0.3) is 0 Å². The van der Waals surface area contributed by atoms with Crippen molar-refractivity contribution in [2.75, 3.05) is 0 Å². The van der Waals surface area contributed by atoms with E-state index >= 15 is 0 Å². The Kier molecular flexibility index (Phi) is 6.71. The molecule has 0 unspecified atom stereocenters. The number of allylic oxidation sites excluding steroid dienone is 2. The van der Waals surface area contributed by atoms with Crippen LogP contribution in [0.3, 0.4) is 0 Å². The van der Waals surface area contributed by atoms with Crippen LogP contribution in [0, 0.1) is 34.5 Å². The Bertz CT molecular complexity index is 794. The first-order chi connectivity index (χ1) is 15.5. The molecule has 0 aromatic rings. The number of ether oxygens (including phenoxy) is 1. The van der Waals surface area contributed by atoms with Gasteiger partial charge in [-0.3, -0.25) is 0 Å². The van der Waals surface area contributed by atoms with Gasteiger partial charge in [-0.15, -0.1) is 0 Å². The SMILES string of the molecule is CC1=CC[C@H]2[C@H](CC[C@]2(C)O)C(C)(C)[C@@H]1CC[C@H]1[C@]2(C)CC[C@@H](O)C(C)(C)O[C@H]2CC[C@@]1(C)O. The lowest BCUT2D eigenvalue weighted by Crippen LogP contribution is -2.56. The van der Waals surface area contributed by atoms with Crippen LogP contribution in [-0.4, -0.2) is 44.3 Å². The maximum absolute atomic E-state index is 11.7. The molecule has 0 amide bonds. The average Bonchev–Trinajstić information content (AvgIpc) is 2.93. The minimum atomic E-state index is -0.722. The highest BCUT2D eigenvalue weighted by Gasteiger charge is 2.57. The van der Waals surface area contributed by atoms with Gasteiger partial charge in [0.2, 0.25) is 0 Å². The van der Waals surface area contributed by atoms with Gasteiger partial charge in [-0.1, -0.05) is 32.4 Å². The fourth-order valence-corrected chi connectivity index (χ4v) is 9.08. The summed E-state index contributed by atoms with van der Waals surface area (Å²) >= 11 is 0. The number of rotatable bonds is 3. The van der Waals surface area contributed by atoms with Crippen LogP contribution >= 0.6 is 0 Å². The van der Waals surface area contributed by atoms with Gasteiger partial charge < -0.3 is 20.1 Å². The standard InChI is InChI=1S/C30H52O4/c1-19-9-10-22-21(13-17-29(22,7)32)26(2,3)20(19)11-12-23-28(6)16-14-24(31)27(4,5)34-25(28)15-18-30(23,8)33/h9,20-25,31-33H,10-18H2,1-8H3/t20-,21+,22+,23+,24-,25+,28+,29+,30-/m1/s1. The van der Waals surface area contributed by atoms with Crippen molar-refractivity contribution in [1.82, 2.24) is 0 Å². The van der Waals surface area contributed by atoms with E-state index in [9.17, 15) is 15.3 Å². The van der Waals surface area contributed by atoms with Crippen LogP contribution in [0.5, 0.6) is 0 Å². The summed E-state index contributed by atoms with van der Waals surface area (Å²) in [5.74, 6) is 1.44. The van der Waals surface area contributed by atoms with E-state index in [1.54, 1.807) is 0 Å². The first kappa shape index (κ1) is 26.6. The van der Waals surface area contributed by atoms with Crippen molar-refractivity contribution in [1.29, 1.82) is 0 Å². The van der Waals surface area contributed by atoms with Gasteiger partial charge in [-0.25, -0.2) is 0 Å². The van der Waals surface area contributed by atoms with Gasteiger partial charge in [0.1, 0.15) is 0 Å². The quantitative estimate of drug-likeness (QED) is 0.436. The Morgan fingerprint density at radius 2 is 1.50 bits per heavy atom. The zero-order valence-electron chi connectivity index (χ0n) is 23.2. The van der Waals surface area contributed by atoms with E-state index in [1.165, 1.54) is 5.57 Å². The highest BCUT2D eigenvalue weighted by Crippen LogP contribution is 2.59. The molecule has 4 rings (SSSR count). The number of fused-ring (bicyclic) bond motifs is 2. The molecular formula is C30H52O4. The van der Waals surface area contributed by atoms with E-state index in [4.69, 9.17) is 4.74 Å². The molecule has 1 aliphatic heterocycles. The van der Waals surface area contributed by atoms with Crippen molar-refractivity contribution in [3.63, 3.8) is 0 Å².